The molecule has 0 bridgehead atoms. The second kappa shape index (κ2) is 7.63. The highest BCUT2D eigenvalue weighted by Gasteiger charge is 2.17. The summed E-state index contributed by atoms with van der Waals surface area (Å²) in [5.41, 5.74) is 0.0981. The molecule has 0 saturated carbocycles. The van der Waals surface area contributed by atoms with Crippen molar-refractivity contribution in [3.63, 3.8) is 0 Å². The van der Waals surface area contributed by atoms with Gasteiger partial charge in [0.1, 0.15) is 0 Å². The van der Waals surface area contributed by atoms with Gasteiger partial charge >= 0.3 is 5.97 Å². The average Bonchev–Trinajstić information content (AvgIpc) is 2.13. The Bertz CT molecular complexity index is 202. The normalized spacial score (nSPS) is 11.9. The van der Waals surface area contributed by atoms with Gasteiger partial charge in [-0.2, -0.15) is 0 Å². The fourth-order valence-electron chi connectivity index (χ4n) is 1.45. The zero-order chi connectivity index (χ0) is 12.6. The second-order valence-corrected chi connectivity index (χ2v) is 5.13. The summed E-state index contributed by atoms with van der Waals surface area (Å²) in [6.45, 7) is 9.12. The molecule has 0 fully saturated rings. The molecule has 0 aromatic heterocycles. The molecule has 0 aliphatic rings. The van der Waals surface area contributed by atoms with E-state index in [1.807, 2.05) is 13.8 Å². The molecule has 0 atom stereocenters. The lowest BCUT2D eigenvalue weighted by atomic mass is 9.88. The van der Waals surface area contributed by atoms with Crippen LogP contribution >= 0.6 is 0 Å². The molecule has 0 aromatic rings. The summed E-state index contributed by atoms with van der Waals surface area (Å²) in [5.74, 6) is -0.215. The number of hydrogen-bond acceptors (Lipinski definition) is 4. The first-order valence-corrected chi connectivity index (χ1v) is 5.88. The van der Waals surface area contributed by atoms with Gasteiger partial charge in [-0.25, -0.2) is 0 Å². The highest BCUT2D eigenvalue weighted by molar-refractivity contribution is 5.71. The molecule has 0 unspecified atom stereocenters. The van der Waals surface area contributed by atoms with Crippen LogP contribution in [0.25, 0.3) is 0 Å². The molecule has 0 amide bonds. The van der Waals surface area contributed by atoms with Crippen LogP contribution in [-0.4, -0.2) is 36.9 Å². The van der Waals surface area contributed by atoms with Gasteiger partial charge in [0, 0.05) is 13.2 Å². The highest BCUT2D eigenvalue weighted by Crippen LogP contribution is 2.20. The van der Waals surface area contributed by atoms with E-state index in [0.717, 1.165) is 19.4 Å². The molecule has 0 heterocycles. The van der Waals surface area contributed by atoms with Crippen LogP contribution in [0.2, 0.25) is 0 Å². The maximum absolute atomic E-state index is 11.2. The van der Waals surface area contributed by atoms with Crippen molar-refractivity contribution < 1.29 is 14.6 Å². The topological polar surface area (TPSA) is 58.6 Å². The van der Waals surface area contributed by atoms with Gasteiger partial charge in [-0.3, -0.25) is 4.79 Å². The fraction of sp³-hybridized carbons (Fsp3) is 0.917. The number of aliphatic hydroxyl groups is 1. The van der Waals surface area contributed by atoms with Crippen LogP contribution in [-0.2, 0) is 9.53 Å². The molecule has 0 aromatic carbocycles. The first-order valence-electron chi connectivity index (χ1n) is 5.88. The first kappa shape index (κ1) is 15.4. The number of rotatable bonds is 8. The molecule has 2 N–H and O–H groups in total. The van der Waals surface area contributed by atoms with Crippen LogP contribution in [0.5, 0.6) is 0 Å². The summed E-state index contributed by atoms with van der Waals surface area (Å²) in [6.07, 6.45) is 1.68. The Balaban J connectivity index is 3.67. The van der Waals surface area contributed by atoms with Crippen LogP contribution in [0.15, 0.2) is 0 Å². The van der Waals surface area contributed by atoms with E-state index < -0.39 is 0 Å². The minimum Gasteiger partial charge on any atom is -0.462 e. The number of nitrogens with one attached hydrogen (secondary N) is 1. The van der Waals surface area contributed by atoms with E-state index in [1.165, 1.54) is 0 Å². The number of hydrogen-bond donors (Lipinski definition) is 2. The van der Waals surface area contributed by atoms with Gasteiger partial charge < -0.3 is 15.2 Å². The largest absolute Gasteiger partial charge is 0.462 e. The van der Waals surface area contributed by atoms with Gasteiger partial charge in [-0.05, 0) is 32.1 Å². The average molecular weight is 231 g/mol. The second-order valence-electron chi connectivity index (χ2n) is 5.13. The molecular formula is C12H25NO3. The number of carbonyl (C=O) groups excluding carboxylic acids is 1. The van der Waals surface area contributed by atoms with Crippen molar-refractivity contribution in [3.05, 3.63) is 0 Å². The Hall–Kier alpha value is -0.610. The van der Waals surface area contributed by atoms with Crippen LogP contribution in [0.3, 0.4) is 0 Å². The van der Waals surface area contributed by atoms with Crippen molar-refractivity contribution in [2.45, 2.75) is 46.6 Å². The molecule has 0 radical (unpaired) electrons. The van der Waals surface area contributed by atoms with Crippen molar-refractivity contribution >= 4 is 5.97 Å². The Labute approximate surface area is 98.4 Å². The van der Waals surface area contributed by atoms with Crippen LogP contribution in [0.4, 0.5) is 0 Å². The molecule has 96 valence electrons. The Morgan fingerprint density at radius 3 is 2.56 bits per heavy atom. The third kappa shape index (κ3) is 8.68. The SMILES string of the molecule is CC(C)OC(=O)CNCC(C)(C)CCCO. The van der Waals surface area contributed by atoms with Gasteiger partial charge in [0.15, 0.2) is 0 Å². The van der Waals surface area contributed by atoms with E-state index in [1.54, 1.807) is 0 Å². The third-order valence-corrected chi connectivity index (χ3v) is 2.25. The van der Waals surface area contributed by atoms with Crippen molar-refractivity contribution in [3.8, 4) is 0 Å². The van der Waals surface area contributed by atoms with E-state index >= 15 is 0 Å². The molecule has 16 heavy (non-hydrogen) atoms. The molecule has 0 spiro atoms. The fourth-order valence-corrected chi connectivity index (χ4v) is 1.45. The molecular weight excluding hydrogens is 206 g/mol. The highest BCUT2D eigenvalue weighted by atomic mass is 16.5. The lowest BCUT2D eigenvalue weighted by Crippen LogP contribution is -2.34. The summed E-state index contributed by atoms with van der Waals surface area (Å²) in [5, 5.41) is 11.8. The maximum Gasteiger partial charge on any atom is 0.320 e. The number of esters is 1. The van der Waals surface area contributed by atoms with E-state index in [-0.39, 0.29) is 30.6 Å². The lowest BCUT2D eigenvalue weighted by Gasteiger charge is -2.24. The van der Waals surface area contributed by atoms with E-state index in [4.69, 9.17) is 9.84 Å². The molecule has 0 saturated heterocycles. The van der Waals surface area contributed by atoms with Crippen molar-refractivity contribution in [2.75, 3.05) is 19.7 Å². The summed E-state index contributed by atoms with van der Waals surface area (Å²) in [6, 6.07) is 0. The Morgan fingerprint density at radius 2 is 2.06 bits per heavy atom. The Kier molecular flexibility index (Phi) is 7.34. The van der Waals surface area contributed by atoms with E-state index in [0.29, 0.717) is 0 Å². The van der Waals surface area contributed by atoms with Gasteiger partial charge in [0.2, 0.25) is 0 Å². The summed E-state index contributed by atoms with van der Waals surface area (Å²) >= 11 is 0. The minimum atomic E-state index is -0.215. The van der Waals surface area contributed by atoms with Gasteiger partial charge in [0.05, 0.1) is 12.6 Å². The first-order chi connectivity index (χ1) is 7.37. The quantitative estimate of drug-likeness (QED) is 0.619. The standard InChI is InChI=1S/C12H25NO3/c1-10(2)16-11(15)8-13-9-12(3,4)6-5-7-14/h10,13-14H,5-9H2,1-4H3. The maximum atomic E-state index is 11.2. The van der Waals surface area contributed by atoms with Gasteiger partial charge in [0.25, 0.3) is 0 Å². The molecule has 0 rings (SSSR count). The molecule has 4 nitrogen and oxygen atoms in total. The minimum absolute atomic E-state index is 0.0586. The smallest absolute Gasteiger partial charge is 0.320 e. The van der Waals surface area contributed by atoms with Gasteiger partial charge in [-0.15, -0.1) is 0 Å². The summed E-state index contributed by atoms with van der Waals surface area (Å²) < 4.78 is 5.00. The predicted molar refractivity (Wildman–Crippen MR) is 64.2 cm³/mol. The van der Waals surface area contributed by atoms with Crippen LogP contribution in [0, 0.1) is 5.41 Å². The third-order valence-electron chi connectivity index (χ3n) is 2.25. The molecule has 0 aliphatic carbocycles. The zero-order valence-electron chi connectivity index (χ0n) is 10.9. The molecule has 4 heteroatoms. The van der Waals surface area contributed by atoms with Crippen molar-refractivity contribution in [1.29, 1.82) is 0 Å². The van der Waals surface area contributed by atoms with Gasteiger partial charge in [-0.1, -0.05) is 13.8 Å². The number of aliphatic hydroxyl groups excluding tert-OH is 1. The van der Waals surface area contributed by atoms with E-state index in [2.05, 4.69) is 19.2 Å². The lowest BCUT2D eigenvalue weighted by molar-refractivity contribution is -0.146. The Morgan fingerprint density at radius 1 is 1.44 bits per heavy atom. The molecule has 0 aliphatic heterocycles. The number of carbonyl (C=O) groups is 1. The number of ether oxygens (including phenoxy) is 1. The predicted octanol–water partition coefficient (Wildman–Crippen LogP) is 1.33. The van der Waals surface area contributed by atoms with E-state index in [9.17, 15) is 4.79 Å². The van der Waals surface area contributed by atoms with Crippen molar-refractivity contribution in [2.24, 2.45) is 5.41 Å². The summed E-state index contributed by atoms with van der Waals surface area (Å²) in [7, 11) is 0. The monoisotopic (exact) mass is 231 g/mol. The summed E-state index contributed by atoms with van der Waals surface area (Å²) in [4.78, 5) is 11.2. The van der Waals surface area contributed by atoms with Crippen molar-refractivity contribution in [1.82, 2.24) is 5.32 Å². The zero-order valence-corrected chi connectivity index (χ0v) is 10.9. The van der Waals surface area contributed by atoms with Crippen LogP contribution in [0.1, 0.15) is 40.5 Å². The van der Waals surface area contributed by atoms with Crippen LogP contribution < -0.4 is 5.32 Å².